The molecule has 1 aliphatic carbocycles. The van der Waals surface area contributed by atoms with Crippen LogP contribution in [0.5, 0.6) is 0 Å². The number of hydrogen-bond acceptors (Lipinski definition) is 3. The summed E-state index contributed by atoms with van der Waals surface area (Å²) in [6.07, 6.45) is 4.82. The fraction of sp³-hybridized carbons (Fsp3) is 0.533. The van der Waals surface area contributed by atoms with Gasteiger partial charge in [0.25, 0.3) is 0 Å². The van der Waals surface area contributed by atoms with Gasteiger partial charge in [0, 0.05) is 6.54 Å². The number of sulfonamides is 1. The van der Waals surface area contributed by atoms with E-state index in [9.17, 15) is 8.42 Å². The van der Waals surface area contributed by atoms with Crippen LogP contribution >= 0.6 is 0 Å². The summed E-state index contributed by atoms with van der Waals surface area (Å²) in [5.74, 6) is 0. The normalized spacial score (nSPS) is 17.8. The predicted octanol–water partition coefficient (Wildman–Crippen LogP) is 2.61. The van der Waals surface area contributed by atoms with E-state index in [0.717, 1.165) is 18.4 Å². The molecular formula is C15H20N2O2S. The van der Waals surface area contributed by atoms with E-state index in [1.807, 2.05) is 6.07 Å². The van der Waals surface area contributed by atoms with Crippen molar-refractivity contribution in [2.24, 2.45) is 5.41 Å². The second kappa shape index (κ2) is 5.94. The Bertz CT molecular complexity index is 594. The van der Waals surface area contributed by atoms with Gasteiger partial charge in [0.15, 0.2) is 0 Å². The Kier molecular flexibility index (Phi) is 4.46. The highest BCUT2D eigenvalue weighted by atomic mass is 32.2. The van der Waals surface area contributed by atoms with E-state index in [1.165, 1.54) is 12.8 Å². The third-order valence-corrected chi connectivity index (χ3v) is 5.43. The van der Waals surface area contributed by atoms with Gasteiger partial charge in [-0.05, 0) is 36.0 Å². The molecule has 0 heterocycles. The van der Waals surface area contributed by atoms with Crippen LogP contribution in [-0.4, -0.2) is 15.0 Å². The topological polar surface area (TPSA) is 70.0 Å². The molecule has 1 aromatic carbocycles. The van der Waals surface area contributed by atoms with Gasteiger partial charge in [0.05, 0.1) is 17.4 Å². The summed E-state index contributed by atoms with van der Waals surface area (Å²) in [7, 11) is -3.45. The highest BCUT2D eigenvalue weighted by molar-refractivity contribution is 7.89. The Morgan fingerprint density at radius 3 is 2.40 bits per heavy atom. The molecule has 0 aromatic heterocycles. The first-order chi connectivity index (χ1) is 9.45. The van der Waals surface area contributed by atoms with E-state index in [0.29, 0.717) is 13.0 Å². The largest absolute Gasteiger partial charge is 0.240 e. The van der Waals surface area contributed by atoms with Crippen LogP contribution < -0.4 is 4.72 Å². The standard InChI is InChI=1S/C15H20N2O2S/c1-15(9-2-3-10-15)12-17-20(18,19)14-6-4-13(5-7-14)8-11-16/h4-7,17H,2-3,8-10,12H2,1H3. The van der Waals surface area contributed by atoms with Gasteiger partial charge in [-0.25, -0.2) is 13.1 Å². The first-order valence-corrected chi connectivity index (χ1v) is 8.39. The summed E-state index contributed by atoms with van der Waals surface area (Å²) in [5, 5.41) is 8.60. The van der Waals surface area contributed by atoms with Crippen molar-refractivity contribution in [2.75, 3.05) is 6.54 Å². The van der Waals surface area contributed by atoms with Crippen LogP contribution in [0.4, 0.5) is 0 Å². The van der Waals surface area contributed by atoms with E-state index in [4.69, 9.17) is 5.26 Å². The minimum atomic E-state index is -3.45. The highest BCUT2D eigenvalue weighted by Crippen LogP contribution is 2.36. The molecule has 0 bridgehead atoms. The predicted molar refractivity (Wildman–Crippen MR) is 77.5 cm³/mol. The molecule has 0 unspecified atom stereocenters. The molecule has 0 saturated heterocycles. The molecular weight excluding hydrogens is 272 g/mol. The van der Waals surface area contributed by atoms with Gasteiger partial charge >= 0.3 is 0 Å². The minimum Gasteiger partial charge on any atom is -0.211 e. The lowest BCUT2D eigenvalue weighted by atomic mass is 9.89. The molecule has 0 amide bonds. The zero-order valence-corrected chi connectivity index (χ0v) is 12.5. The molecule has 108 valence electrons. The summed E-state index contributed by atoms with van der Waals surface area (Å²) < 4.78 is 27.2. The summed E-state index contributed by atoms with van der Waals surface area (Å²) in [6, 6.07) is 8.55. The van der Waals surface area contributed by atoms with Gasteiger partial charge in [0.1, 0.15) is 0 Å². The van der Waals surface area contributed by atoms with Crippen LogP contribution in [0, 0.1) is 16.7 Å². The molecule has 0 atom stereocenters. The lowest BCUT2D eigenvalue weighted by molar-refractivity contribution is 0.336. The second-order valence-corrected chi connectivity index (χ2v) is 7.59. The summed E-state index contributed by atoms with van der Waals surface area (Å²) in [6.45, 7) is 2.63. The number of hydrogen-bond donors (Lipinski definition) is 1. The Morgan fingerprint density at radius 2 is 1.85 bits per heavy atom. The van der Waals surface area contributed by atoms with Crippen LogP contribution in [0.2, 0.25) is 0 Å². The Hall–Kier alpha value is -1.38. The fourth-order valence-electron chi connectivity index (χ4n) is 2.64. The summed E-state index contributed by atoms with van der Waals surface area (Å²) in [5.41, 5.74) is 0.919. The lowest BCUT2D eigenvalue weighted by Gasteiger charge is -2.23. The minimum absolute atomic E-state index is 0.0911. The van der Waals surface area contributed by atoms with Crippen molar-refractivity contribution in [3.05, 3.63) is 29.8 Å². The lowest BCUT2D eigenvalue weighted by Crippen LogP contribution is -2.34. The third kappa shape index (κ3) is 3.59. The average Bonchev–Trinajstić information content (AvgIpc) is 2.85. The van der Waals surface area contributed by atoms with Gasteiger partial charge in [0.2, 0.25) is 10.0 Å². The van der Waals surface area contributed by atoms with Crippen LogP contribution in [0.25, 0.3) is 0 Å². The molecule has 1 saturated carbocycles. The monoisotopic (exact) mass is 292 g/mol. The molecule has 4 nitrogen and oxygen atoms in total. The number of nitrogens with zero attached hydrogens (tertiary/aromatic N) is 1. The average molecular weight is 292 g/mol. The van der Waals surface area contributed by atoms with Crippen LogP contribution in [0.1, 0.15) is 38.2 Å². The van der Waals surface area contributed by atoms with Crippen LogP contribution in [0.3, 0.4) is 0 Å². The van der Waals surface area contributed by atoms with Crippen LogP contribution in [-0.2, 0) is 16.4 Å². The molecule has 1 N–H and O–H groups in total. The quantitative estimate of drug-likeness (QED) is 0.907. The maximum atomic E-state index is 12.2. The summed E-state index contributed by atoms with van der Waals surface area (Å²) in [4.78, 5) is 0.265. The van der Waals surface area contributed by atoms with Crippen molar-refractivity contribution < 1.29 is 8.42 Å². The second-order valence-electron chi connectivity index (χ2n) is 5.82. The van der Waals surface area contributed by atoms with Crippen molar-refractivity contribution in [2.45, 2.75) is 43.9 Å². The molecule has 0 radical (unpaired) electrons. The number of nitriles is 1. The van der Waals surface area contributed by atoms with E-state index in [-0.39, 0.29) is 10.3 Å². The Balaban J connectivity index is 2.04. The Labute approximate surface area is 120 Å². The molecule has 0 spiro atoms. The van der Waals surface area contributed by atoms with E-state index in [2.05, 4.69) is 11.6 Å². The van der Waals surface area contributed by atoms with Gasteiger partial charge in [-0.3, -0.25) is 0 Å². The molecule has 1 fully saturated rings. The summed E-state index contributed by atoms with van der Waals surface area (Å²) >= 11 is 0. The molecule has 0 aliphatic heterocycles. The highest BCUT2D eigenvalue weighted by Gasteiger charge is 2.30. The SMILES string of the molecule is CC1(CNS(=O)(=O)c2ccc(CC#N)cc2)CCCC1. The first kappa shape index (κ1) is 15.0. The molecule has 1 aliphatic rings. The van der Waals surface area contributed by atoms with Crippen molar-refractivity contribution in [1.29, 1.82) is 5.26 Å². The Morgan fingerprint density at radius 1 is 1.25 bits per heavy atom. The van der Waals surface area contributed by atoms with Crippen molar-refractivity contribution in [3.63, 3.8) is 0 Å². The van der Waals surface area contributed by atoms with Gasteiger partial charge in [-0.2, -0.15) is 5.26 Å². The van der Waals surface area contributed by atoms with Gasteiger partial charge in [-0.1, -0.05) is 31.9 Å². The zero-order valence-electron chi connectivity index (χ0n) is 11.7. The van der Waals surface area contributed by atoms with Crippen molar-refractivity contribution in [1.82, 2.24) is 4.72 Å². The van der Waals surface area contributed by atoms with Crippen LogP contribution in [0.15, 0.2) is 29.2 Å². The maximum absolute atomic E-state index is 12.2. The van der Waals surface area contributed by atoms with E-state index >= 15 is 0 Å². The number of benzene rings is 1. The molecule has 5 heteroatoms. The van der Waals surface area contributed by atoms with Crippen molar-refractivity contribution >= 4 is 10.0 Å². The first-order valence-electron chi connectivity index (χ1n) is 6.91. The molecule has 20 heavy (non-hydrogen) atoms. The fourth-order valence-corrected chi connectivity index (χ4v) is 3.84. The molecule has 2 rings (SSSR count). The number of rotatable bonds is 5. The zero-order chi connectivity index (χ0) is 14.6. The van der Waals surface area contributed by atoms with E-state index < -0.39 is 10.0 Å². The maximum Gasteiger partial charge on any atom is 0.240 e. The van der Waals surface area contributed by atoms with E-state index in [1.54, 1.807) is 24.3 Å². The molecule has 1 aromatic rings. The van der Waals surface area contributed by atoms with Gasteiger partial charge in [-0.15, -0.1) is 0 Å². The van der Waals surface area contributed by atoms with Gasteiger partial charge < -0.3 is 0 Å². The number of nitrogens with one attached hydrogen (secondary N) is 1. The van der Waals surface area contributed by atoms with Crippen molar-refractivity contribution in [3.8, 4) is 6.07 Å². The smallest absolute Gasteiger partial charge is 0.211 e. The third-order valence-electron chi connectivity index (χ3n) is 4.02.